The maximum absolute atomic E-state index is 12.8. The molecule has 0 aromatic rings. The van der Waals surface area contributed by atoms with Gasteiger partial charge in [0.1, 0.15) is 13.2 Å². The smallest absolute Gasteiger partial charge is 0.306 e. The number of hydrogen-bond acceptors (Lipinski definition) is 6. The summed E-state index contributed by atoms with van der Waals surface area (Å²) in [6.45, 7) is 13.7. The van der Waals surface area contributed by atoms with E-state index in [-0.39, 0.29) is 31.1 Å². The van der Waals surface area contributed by atoms with Crippen molar-refractivity contribution in [3.63, 3.8) is 0 Å². The molecule has 0 saturated heterocycles. The molecule has 0 aromatic heterocycles. The summed E-state index contributed by atoms with van der Waals surface area (Å²) < 4.78 is 16.9. The van der Waals surface area contributed by atoms with Gasteiger partial charge in [0.25, 0.3) is 0 Å². The Balaban J connectivity index is 4.24. The Hall–Kier alpha value is -1.59. The van der Waals surface area contributed by atoms with E-state index in [4.69, 9.17) is 14.2 Å². The van der Waals surface area contributed by atoms with Crippen LogP contribution in [0.5, 0.6) is 0 Å². The third-order valence-electron chi connectivity index (χ3n) is 13.1. The third-order valence-corrected chi connectivity index (χ3v) is 13.1. The molecule has 0 aromatic carbocycles. The summed E-state index contributed by atoms with van der Waals surface area (Å²) in [6, 6.07) is 0. The van der Waals surface area contributed by atoms with Crippen LogP contribution in [0.15, 0.2) is 0 Å². The van der Waals surface area contributed by atoms with Gasteiger partial charge in [-0.1, -0.05) is 279 Å². The molecule has 0 aliphatic heterocycles. The summed E-state index contributed by atoms with van der Waals surface area (Å²) >= 11 is 0. The predicted molar refractivity (Wildman–Crippen MR) is 275 cm³/mol. The van der Waals surface area contributed by atoms with Gasteiger partial charge < -0.3 is 14.2 Å². The van der Waals surface area contributed by atoms with Crippen molar-refractivity contribution in [3.05, 3.63) is 0 Å². The van der Waals surface area contributed by atoms with E-state index in [1.54, 1.807) is 0 Å². The van der Waals surface area contributed by atoms with Gasteiger partial charge in [-0.2, -0.15) is 0 Å². The van der Waals surface area contributed by atoms with E-state index in [1.165, 1.54) is 199 Å². The van der Waals surface area contributed by atoms with Crippen LogP contribution in [0.4, 0.5) is 0 Å². The minimum absolute atomic E-state index is 0.0641. The molecule has 0 spiro atoms. The van der Waals surface area contributed by atoms with Gasteiger partial charge in [-0.25, -0.2) is 0 Å². The second kappa shape index (κ2) is 49.3. The van der Waals surface area contributed by atoms with Crippen molar-refractivity contribution in [3.8, 4) is 0 Å². The van der Waals surface area contributed by atoms with E-state index in [9.17, 15) is 14.4 Å². The second-order valence-corrected chi connectivity index (χ2v) is 21.4. The number of unbranched alkanes of at least 4 members (excludes halogenated alkanes) is 34. The summed E-state index contributed by atoms with van der Waals surface area (Å²) in [5.74, 6) is 1.63. The minimum Gasteiger partial charge on any atom is -0.462 e. The molecule has 0 aliphatic rings. The highest BCUT2D eigenvalue weighted by Gasteiger charge is 2.19. The number of hydrogen-bond donors (Lipinski definition) is 0. The molecule has 64 heavy (non-hydrogen) atoms. The Bertz CT molecular complexity index is 991. The zero-order valence-corrected chi connectivity index (χ0v) is 44.1. The van der Waals surface area contributed by atoms with Crippen molar-refractivity contribution >= 4 is 17.9 Å². The molecule has 0 amide bonds. The third kappa shape index (κ3) is 51.4. The van der Waals surface area contributed by atoms with Gasteiger partial charge in [0.15, 0.2) is 6.10 Å². The van der Waals surface area contributed by atoms with Gasteiger partial charge in [0.05, 0.1) is 0 Å². The highest BCUT2D eigenvalue weighted by molar-refractivity contribution is 5.71. The number of carbonyl (C=O) groups is 3. The minimum atomic E-state index is -0.763. The van der Waals surface area contributed by atoms with Crippen LogP contribution in [0.1, 0.15) is 318 Å². The molecule has 0 saturated carbocycles. The summed E-state index contributed by atoms with van der Waals surface area (Å²) in [7, 11) is 0. The van der Waals surface area contributed by atoms with Crippen molar-refractivity contribution in [1.29, 1.82) is 0 Å². The van der Waals surface area contributed by atoms with Crippen molar-refractivity contribution < 1.29 is 28.6 Å². The molecule has 0 aliphatic carbocycles. The SMILES string of the molecule is CC(C)CCCCCCCCCCCCCCCCCCC(=O)O[C@@H](COC(=O)CCCCCCCCCCCCCCCCC(C)C)COC(=O)CCCCCCCCCC(C)C. The van der Waals surface area contributed by atoms with Crippen LogP contribution in [0.25, 0.3) is 0 Å². The molecule has 6 nitrogen and oxygen atoms in total. The first-order valence-electron chi connectivity index (χ1n) is 28.6. The number of esters is 3. The Kier molecular flexibility index (Phi) is 48.1. The van der Waals surface area contributed by atoms with E-state index < -0.39 is 6.10 Å². The molecule has 380 valence electrons. The lowest BCUT2D eigenvalue weighted by molar-refractivity contribution is -0.167. The maximum atomic E-state index is 12.8. The standard InChI is InChI=1S/C58H112O6/c1-52(2)44-38-32-26-21-17-13-9-7-8-10-16-20-24-30-37-43-49-58(61)64-55(51-63-57(60)48-42-36-31-25-28-34-40-46-54(5)6)50-62-56(59)47-41-35-29-23-19-15-12-11-14-18-22-27-33-39-45-53(3)4/h52-55H,7-51H2,1-6H3/t55-/m0/s1. The summed E-state index contributed by atoms with van der Waals surface area (Å²) in [5.41, 5.74) is 0. The van der Waals surface area contributed by atoms with E-state index in [0.29, 0.717) is 19.3 Å². The van der Waals surface area contributed by atoms with Crippen LogP contribution in [-0.4, -0.2) is 37.2 Å². The quantitative estimate of drug-likeness (QED) is 0.0344. The topological polar surface area (TPSA) is 78.9 Å². The molecular weight excluding hydrogens is 793 g/mol. The largest absolute Gasteiger partial charge is 0.462 e. The maximum Gasteiger partial charge on any atom is 0.306 e. The summed E-state index contributed by atoms with van der Waals surface area (Å²) in [6.07, 6.45) is 51.1. The fourth-order valence-corrected chi connectivity index (χ4v) is 8.82. The van der Waals surface area contributed by atoms with Crippen molar-refractivity contribution in [1.82, 2.24) is 0 Å². The number of carbonyl (C=O) groups excluding carboxylic acids is 3. The van der Waals surface area contributed by atoms with E-state index in [1.807, 2.05) is 0 Å². The van der Waals surface area contributed by atoms with E-state index >= 15 is 0 Å². The lowest BCUT2D eigenvalue weighted by atomic mass is 10.0. The molecular formula is C58H112O6. The van der Waals surface area contributed by atoms with Crippen LogP contribution < -0.4 is 0 Å². The van der Waals surface area contributed by atoms with E-state index in [2.05, 4.69) is 41.5 Å². The molecule has 0 N–H and O–H groups in total. The van der Waals surface area contributed by atoms with Crippen molar-refractivity contribution in [2.75, 3.05) is 13.2 Å². The monoisotopic (exact) mass is 905 g/mol. The summed E-state index contributed by atoms with van der Waals surface area (Å²) in [5, 5.41) is 0. The van der Waals surface area contributed by atoms with Crippen LogP contribution in [0, 0.1) is 17.8 Å². The zero-order chi connectivity index (χ0) is 47.0. The number of ether oxygens (including phenoxy) is 3. The van der Waals surface area contributed by atoms with E-state index in [0.717, 1.165) is 75.5 Å². The Morgan fingerprint density at radius 2 is 0.453 bits per heavy atom. The first-order valence-corrected chi connectivity index (χ1v) is 28.6. The lowest BCUT2D eigenvalue weighted by Crippen LogP contribution is -2.30. The van der Waals surface area contributed by atoms with Gasteiger partial charge in [-0.05, 0) is 37.0 Å². The summed E-state index contributed by atoms with van der Waals surface area (Å²) in [4.78, 5) is 38.1. The van der Waals surface area contributed by atoms with Gasteiger partial charge in [0, 0.05) is 19.3 Å². The van der Waals surface area contributed by atoms with Crippen LogP contribution >= 0.6 is 0 Å². The highest BCUT2D eigenvalue weighted by atomic mass is 16.6. The zero-order valence-electron chi connectivity index (χ0n) is 44.1. The number of rotatable bonds is 51. The fourth-order valence-electron chi connectivity index (χ4n) is 8.82. The molecule has 0 bridgehead atoms. The molecule has 6 heteroatoms. The van der Waals surface area contributed by atoms with Crippen molar-refractivity contribution in [2.24, 2.45) is 17.8 Å². The molecule has 0 rings (SSSR count). The van der Waals surface area contributed by atoms with Gasteiger partial charge >= 0.3 is 17.9 Å². The first-order chi connectivity index (χ1) is 31.1. The van der Waals surface area contributed by atoms with Gasteiger partial charge in [-0.15, -0.1) is 0 Å². The molecule has 1 atom stereocenters. The second-order valence-electron chi connectivity index (χ2n) is 21.4. The fraction of sp³-hybridized carbons (Fsp3) is 0.948. The molecule has 0 heterocycles. The Morgan fingerprint density at radius 3 is 0.672 bits per heavy atom. The molecule has 0 radical (unpaired) electrons. The Morgan fingerprint density at radius 1 is 0.266 bits per heavy atom. The van der Waals surface area contributed by atoms with Gasteiger partial charge in [-0.3, -0.25) is 14.4 Å². The van der Waals surface area contributed by atoms with Crippen LogP contribution in [0.3, 0.4) is 0 Å². The average Bonchev–Trinajstić information content (AvgIpc) is 3.25. The van der Waals surface area contributed by atoms with Crippen molar-refractivity contribution in [2.45, 2.75) is 324 Å². The average molecular weight is 906 g/mol. The molecule has 0 unspecified atom stereocenters. The first kappa shape index (κ1) is 62.4. The highest BCUT2D eigenvalue weighted by Crippen LogP contribution is 2.18. The lowest BCUT2D eigenvalue weighted by Gasteiger charge is -2.18. The van der Waals surface area contributed by atoms with Crippen LogP contribution in [-0.2, 0) is 28.6 Å². The molecule has 0 fully saturated rings. The predicted octanol–water partition coefficient (Wildman–Crippen LogP) is 18.7. The van der Waals surface area contributed by atoms with Crippen LogP contribution in [0.2, 0.25) is 0 Å². The van der Waals surface area contributed by atoms with Gasteiger partial charge in [0.2, 0.25) is 0 Å². The Labute approximate surface area is 399 Å². The normalized spacial score (nSPS) is 12.1.